The molecule has 0 aromatic heterocycles. The van der Waals surface area contributed by atoms with E-state index in [-0.39, 0.29) is 0 Å². The SMILES string of the molecule is CC(C)CC1CC(C)(C)CC(C)(C)C1. The van der Waals surface area contributed by atoms with Crippen molar-refractivity contribution in [2.75, 3.05) is 0 Å². The van der Waals surface area contributed by atoms with Crippen molar-refractivity contribution in [2.45, 2.75) is 67.2 Å². The number of rotatable bonds is 2. The fourth-order valence-corrected chi connectivity index (χ4v) is 3.91. The van der Waals surface area contributed by atoms with Crippen molar-refractivity contribution in [3.63, 3.8) is 0 Å². The summed E-state index contributed by atoms with van der Waals surface area (Å²) in [5.74, 6) is 1.83. The second-order valence-corrected chi connectivity index (χ2v) is 7.41. The lowest BCUT2D eigenvalue weighted by Crippen LogP contribution is -2.34. The van der Waals surface area contributed by atoms with Crippen molar-refractivity contribution < 1.29 is 0 Å². The molecule has 0 heteroatoms. The van der Waals surface area contributed by atoms with Gasteiger partial charge in [0.2, 0.25) is 0 Å². The first-order chi connectivity index (χ1) is 6.20. The van der Waals surface area contributed by atoms with E-state index in [1.807, 2.05) is 0 Å². The van der Waals surface area contributed by atoms with Crippen LogP contribution in [0, 0.1) is 22.7 Å². The Morgan fingerprint density at radius 3 is 1.79 bits per heavy atom. The first-order valence-corrected chi connectivity index (χ1v) is 6.20. The molecular formula is C14H28. The highest BCUT2D eigenvalue weighted by molar-refractivity contribution is 4.89. The van der Waals surface area contributed by atoms with E-state index in [2.05, 4.69) is 41.5 Å². The van der Waals surface area contributed by atoms with Crippen LogP contribution in [0.3, 0.4) is 0 Å². The summed E-state index contributed by atoms with van der Waals surface area (Å²) in [5.41, 5.74) is 1.14. The smallest absolute Gasteiger partial charge is 0.0347 e. The van der Waals surface area contributed by atoms with Gasteiger partial charge in [-0.15, -0.1) is 0 Å². The van der Waals surface area contributed by atoms with Crippen LogP contribution in [0.4, 0.5) is 0 Å². The molecule has 0 aromatic carbocycles. The molecule has 1 rings (SSSR count). The standard InChI is InChI=1S/C14H28/c1-11(2)7-12-8-13(3,4)10-14(5,6)9-12/h11-12H,7-10H2,1-6H3. The summed E-state index contributed by atoms with van der Waals surface area (Å²) >= 11 is 0. The van der Waals surface area contributed by atoms with E-state index in [0.29, 0.717) is 10.8 Å². The van der Waals surface area contributed by atoms with Crippen LogP contribution in [0.2, 0.25) is 0 Å². The molecule has 1 fully saturated rings. The summed E-state index contributed by atoms with van der Waals surface area (Å²) < 4.78 is 0. The molecule has 1 saturated carbocycles. The Kier molecular flexibility index (Phi) is 3.33. The highest BCUT2D eigenvalue weighted by atomic mass is 14.4. The van der Waals surface area contributed by atoms with Gasteiger partial charge < -0.3 is 0 Å². The van der Waals surface area contributed by atoms with Crippen molar-refractivity contribution in [3.05, 3.63) is 0 Å². The molecule has 0 spiro atoms. The quantitative estimate of drug-likeness (QED) is 0.590. The van der Waals surface area contributed by atoms with E-state index in [1.54, 1.807) is 0 Å². The van der Waals surface area contributed by atoms with Crippen LogP contribution in [0.5, 0.6) is 0 Å². The van der Waals surface area contributed by atoms with Crippen LogP contribution in [0.15, 0.2) is 0 Å². The van der Waals surface area contributed by atoms with Gasteiger partial charge in [0.15, 0.2) is 0 Å². The number of hydrogen-bond acceptors (Lipinski definition) is 0. The third-order valence-electron chi connectivity index (χ3n) is 3.44. The Balaban J connectivity index is 2.62. The molecule has 0 atom stereocenters. The summed E-state index contributed by atoms with van der Waals surface area (Å²) in [6.45, 7) is 14.5. The molecular weight excluding hydrogens is 168 g/mol. The molecule has 1 aliphatic carbocycles. The molecule has 84 valence electrons. The van der Waals surface area contributed by atoms with Crippen LogP contribution in [0.1, 0.15) is 67.2 Å². The van der Waals surface area contributed by atoms with Gasteiger partial charge in [0.05, 0.1) is 0 Å². The van der Waals surface area contributed by atoms with E-state index in [1.165, 1.54) is 25.7 Å². The maximum atomic E-state index is 2.45. The fourth-order valence-electron chi connectivity index (χ4n) is 3.91. The van der Waals surface area contributed by atoms with Gasteiger partial charge >= 0.3 is 0 Å². The fraction of sp³-hybridized carbons (Fsp3) is 1.00. The average Bonchev–Trinajstić information content (AvgIpc) is 1.74. The molecule has 14 heavy (non-hydrogen) atoms. The molecule has 0 aliphatic heterocycles. The van der Waals surface area contributed by atoms with Gasteiger partial charge in [-0.2, -0.15) is 0 Å². The molecule has 0 heterocycles. The second-order valence-electron chi connectivity index (χ2n) is 7.41. The minimum absolute atomic E-state index is 0.571. The Morgan fingerprint density at radius 2 is 1.43 bits per heavy atom. The van der Waals surface area contributed by atoms with Crippen LogP contribution < -0.4 is 0 Å². The Hall–Kier alpha value is 0. The predicted octanol–water partition coefficient (Wildman–Crippen LogP) is 4.89. The molecule has 0 nitrogen and oxygen atoms in total. The van der Waals surface area contributed by atoms with E-state index in [9.17, 15) is 0 Å². The zero-order valence-electron chi connectivity index (χ0n) is 11.0. The maximum Gasteiger partial charge on any atom is -0.0347 e. The first-order valence-electron chi connectivity index (χ1n) is 6.20. The minimum Gasteiger partial charge on any atom is -0.0628 e. The molecule has 0 N–H and O–H groups in total. The van der Waals surface area contributed by atoms with Gasteiger partial charge in [-0.1, -0.05) is 41.5 Å². The lowest BCUT2D eigenvalue weighted by atomic mass is 9.60. The van der Waals surface area contributed by atoms with E-state index >= 15 is 0 Å². The zero-order chi connectivity index (χ0) is 11.0. The van der Waals surface area contributed by atoms with Gasteiger partial charge in [-0.25, -0.2) is 0 Å². The third kappa shape index (κ3) is 3.63. The van der Waals surface area contributed by atoms with E-state index in [4.69, 9.17) is 0 Å². The maximum absolute atomic E-state index is 2.45. The summed E-state index contributed by atoms with van der Waals surface area (Å²) in [6, 6.07) is 0. The van der Waals surface area contributed by atoms with Gasteiger partial charge in [0.1, 0.15) is 0 Å². The molecule has 0 saturated heterocycles. The molecule has 0 aromatic rings. The first kappa shape index (κ1) is 12.1. The van der Waals surface area contributed by atoms with Crippen LogP contribution in [0.25, 0.3) is 0 Å². The topological polar surface area (TPSA) is 0 Å². The van der Waals surface area contributed by atoms with Crippen molar-refractivity contribution in [1.82, 2.24) is 0 Å². The van der Waals surface area contributed by atoms with Gasteiger partial charge in [0.25, 0.3) is 0 Å². The van der Waals surface area contributed by atoms with Crippen LogP contribution >= 0.6 is 0 Å². The van der Waals surface area contributed by atoms with Crippen LogP contribution in [-0.4, -0.2) is 0 Å². The van der Waals surface area contributed by atoms with E-state index in [0.717, 1.165) is 11.8 Å². The molecule has 0 amide bonds. The second kappa shape index (κ2) is 3.87. The molecule has 0 radical (unpaired) electrons. The van der Waals surface area contributed by atoms with Crippen molar-refractivity contribution in [1.29, 1.82) is 0 Å². The summed E-state index contributed by atoms with van der Waals surface area (Å²) in [6.07, 6.45) is 5.70. The zero-order valence-corrected chi connectivity index (χ0v) is 11.0. The van der Waals surface area contributed by atoms with Crippen molar-refractivity contribution in [3.8, 4) is 0 Å². The normalized spacial score (nSPS) is 26.8. The lowest BCUT2D eigenvalue weighted by molar-refractivity contribution is 0.0584. The molecule has 0 unspecified atom stereocenters. The van der Waals surface area contributed by atoms with Gasteiger partial charge in [-0.05, 0) is 48.3 Å². The average molecular weight is 196 g/mol. The lowest BCUT2D eigenvalue weighted by Gasteiger charge is -2.45. The predicted molar refractivity (Wildman–Crippen MR) is 64.4 cm³/mol. The Morgan fingerprint density at radius 1 is 1.00 bits per heavy atom. The monoisotopic (exact) mass is 196 g/mol. The Labute approximate surface area is 90.5 Å². The Bertz CT molecular complexity index is 170. The summed E-state index contributed by atoms with van der Waals surface area (Å²) in [7, 11) is 0. The highest BCUT2D eigenvalue weighted by Gasteiger charge is 2.38. The summed E-state index contributed by atoms with van der Waals surface area (Å²) in [4.78, 5) is 0. The van der Waals surface area contributed by atoms with Crippen molar-refractivity contribution in [2.24, 2.45) is 22.7 Å². The molecule has 0 bridgehead atoms. The van der Waals surface area contributed by atoms with Gasteiger partial charge in [0, 0.05) is 0 Å². The minimum atomic E-state index is 0.571. The largest absolute Gasteiger partial charge is 0.0628 e. The summed E-state index contributed by atoms with van der Waals surface area (Å²) in [5, 5.41) is 0. The third-order valence-corrected chi connectivity index (χ3v) is 3.44. The highest BCUT2D eigenvalue weighted by Crippen LogP contribution is 2.49. The van der Waals surface area contributed by atoms with Gasteiger partial charge in [-0.3, -0.25) is 0 Å². The molecule has 1 aliphatic rings. The van der Waals surface area contributed by atoms with Crippen LogP contribution in [-0.2, 0) is 0 Å². The van der Waals surface area contributed by atoms with E-state index < -0.39 is 0 Å². The van der Waals surface area contributed by atoms with Crippen molar-refractivity contribution >= 4 is 0 Å². The number of hydrogen-bond donors (Lipinski definition) is 0.